The van der Waals surface area contributed by atoms with Crippen LogP contribution in [0.2, 0.25) is 0 Å². The number of hydrogen-bond acceptors (Lipinski definition) is 4. The van der Waals surface area contributed by atoms with Crippen LogP contribution in [0.3, 0.4) is 0 Å². The fourth-order valence-electron chi connectivity index (χ4n) is 2.20. The lowest BCUT2D eigenvalue weighted by Crippen LogP contribution is -2.26. The van der Waals surface area contributed by atoms with E-state index in [0.29, 0.717) is 16.9 Å². The van der Waals surface area contributed by atoms with E-state index in [-0.39, 0.29) is 5.56 Å². The highest BCUT2D eigenvalue weighted by Gasteiger charge is 2.13. The Kier molecular flexibility index (Phi) is 3.61. The van der Waals surface area contributed by atoms with E-state index in [2.05, 4.69) is 10.3 Å². The normalized spacial score (nSPS) is 10.3. The maximum absolute atomic E-state index is 12.4. The third-order valence-electron chi connectivity index (χ3n) is 3.34. The Labute approximate surface area is 131 Å². The van der Waals surface area contributed by atoms with Gasteiger partial charge in [0.2, 0.25) is 0 Å². The number of carbonyl (C=O) groups excluding carboxylic acids is 1. The van der Waals surface area contributed by atoms with Crippen molar-refractivity contribution in [2.24, 2.45) is 0 Å². The Morgan fingerprint density at radius 3 is 2.91 bits per heavy atom. The lowest BCUT2D eigenvalue weighted by Gasteiger charge is -2.07. The summed E-state index contributed by atoms with van der Waals surface area (Å²) in [5.41, 5.74) is 1.74. The molecule has 1 amide bonds. The topological polar surface area (TPSA) is 87.3 Å². The summed E-state index contributed by atoms with van der Waals surface area (Å²) in [4.78, 5) is 28.9. The maximum atomic E-state index is 12.4. The van der Waals surface area contributed by atoms with E-state index in [1.807, 2.05) is 19.1 Å². The van der Waals surface area contributed by atoms with Crippen molar-refractivity contribution in [3.8, 4) is 6.07 Å². The SMILES string of the molecule is Cc1ccc2ncc(C(=O)Nc3cccc(C#N)c3)c(=O)n2c1. The summed E-state index contributed by atoms with van der Waals surface area (Å²) < 4.78 is 1.34. The van der Waals surface area contributed by atoms with Crippen molar-refractivity contribution in [3.63, 3.8) is 0 Å². The summed E-state index contributed by atoms with van der Waals surface area (Å²) in [7, 11) is 0. The van der Waals surface area contributed by atoms with Gasteiger partial charge in [-0.15, -0.1) is 0 Å². The summed E-state index contributed by atoms with van der Waals surface area (Å²) in [6, 6.07) is 12.0. The first kappa shape index (κ1) is 14.5. The Morgan fingerprint density at radius 1 is 1.30 bits per heavy atom. The van der Waals surface area contributed by atoms with E-state index in [1.165, 1.54) is 16.7 Å². The molecular weight excluding hydrogens is 292 g/mol. The minimum atomic E-state index is -0.562. The van der Waals surface area contributed by atoms with Crippen molar-refractivity contribution in [1.82, 2.24) is 9.38 Å². The number of aryl methyl sites for hydroxylation is 1. The number of rotatable bonds is 2. The average molecular weight is 304 g/mol. The second-order valence-electron chi connectivity index (χ2n) is 5.06. The number of nitriles is 1. The van der Waals surface area contributed by atoms with Crippen molar-refractivity contribution in [2.75, 3.05) is 5.32 Å². The van der Waals surface area contributed by atoms with Gasteiger partial charge in [-0.25, -0.2) is 4.98 Å². The summed E-state index contributed by atoms with van der Waals surface area (Å²) in [5.74, 6) is -0.562. The highest BCUT2D eigenvalue weighted by atomic mass is 16.2. The first-order valence-corrected chi connectivity index (χ1v) is 6.88. The van der Waals surface area contributed by atoms with E-state index in [1.54, 1.807) is 30.5 Å². The fraction of sp³-hybridized carbons (Fsp3) is 0.0588. The molecule has 0 radical (unpaired) electrons. The van der Waals surface area contributed by atoms with Gasteiger partial charge in [0.25, 0.3) is 11.5 Å². The molecule has 0 saturated heterocycles. The van der Waals surface area contributed by atoms with Gasteiger partial charge in [0.1, 0.15) is 11.2 Å². The van der Waals surface area contributed by atoms with Gasteiger partial charge >= 0.3 is 0 Å². The van der Waals surface area contributed by atoms with Gasteiger partial charge in [-0.3, -0.25) is 14.0 Å². The fourth-order valence-corrected chi connectivity index (χ4v) is 2.20. The predicted molar refractivity (Wildman–Crippen MR) is 85.3 cm³/mol. The van der Waals surface area contributed by atoms with Gasteiger partial charge in [0.05, 0.1) is 11.6 Å². The lowest BCUT2D eigenvalue weighted by atomic mass is 10.2. The van der Waals surface area contributed by atoms with Crippen LogP contribution >= 0.6 is 0 Å². The van der Waals surface area contributed by atoms with E-state index in [4.69, 9.17) is 5.26 Å². The van der Waals surface area contributed by atoms with Crippen molar-refractivity contribution < 1.29 is 4.79 Å². The van der Waals surface area contributed by atoms with Crippen LogP contribution in [0.1, 0.15) is 21.5 Å². The monoisotopic (exact) mass is 304 g/mol. The number of hydrogen-bond donors (Lipinski definition) is 1. The standard InChI is InChI=1S/C17H12N4O2/c1-11-5-6-15-19-9-14(17(23)21(15)10-11)16(22)20-13-4-2-3-12(7-13)8-18/h2-7,9-10H,1H3,(H,20,22). The molecule has 0 unspecified atom stereocenters. The van der Waals surface area contributed by atoms with Crippen LogP contribution in [0.25, 0.3) is 5.65 Å². The molecule has 0 saturated carbocycles. The Bertz CT molecular complexity index is 1020. The first-order chi connectivity index (χ1) is 11.1. The van der Waals surface area contributed by atoms with Crippen LogP contribution < -0.4 is 10.9 Å². The third kappa shape index (κ3) is 2.80. The van der Waals surface area contributed by atoms with E-state index >= 15 is 0 Å². The number of benzene rings is 1. The molecule has 1 N–H and O–H groups in total. The van der Waals surface area contributed by atoms with Crippen molar-refractivity contribution in [2.45, 2.75) is 6.92 Å². The lowest BCUT2D eigenvalue weighted by molar-refractivity contribution is 0.102. The first-order valence-electron chi connectivity index (χ1n) is 6.88. The van der Waals surface area contributed by atoms with E-state index in [0.717, 1.165) is 5.56 Å². The van der Waals surface area contributed by atoms with Crippen molar-refractivity contribution in [3.05, 3.63) is 75.8 Å². The molecule has 3 rings (SSSR count). The molecular formula is C17H12N4O2. The largest absolute Gasteiger partial charge is 0.322 e. The van der Waals surface area contributed by atoms with E-state index in [9.17, 15) is 9.59 Å². The molecule has 0 aliphatic rings. The smallest absolute Gasteiger partial charge is 0.270 e. The van der Waals surface area contributed by atoms with Gasteiger partial charge < -0.3 is 5.32 Å². The minimum absolute atomic E-state index is 0.0598. The van der Waals surface area contributed by atoms with Crippen LogP contribution in [0, 0.1) is 18.3 Å². The maximum Gasteiger partial charge on any atom is 0.270 e. The second kappa shape index (κ2) is 5.73. The molecule has 0 aliphatic heterocycles. The van der Waals surface area contributed by atoms with Crippen LogP contribution in [0.4, 0.5) is 5.69 Å². The number of anilines is 1. The molecule has 0 fully saturated rings. The Morgan fingerprint density at radius 2 is 2.13 bits per heavy atom. The molecule has 0 aliphatic carbocycles. The van der Waals surface area contributed by atoms with Crippen LogP contribution in [-0.4, -0.2) is 15.3 Å². The van der Waals surface area contributed by atoms with Crippen molar-refractivity contribution in [1.29, 1.82) is 5.26 Å². The van der Waals surface area contributed by atoms with Crippen molar-refractivity contribution >= 4 is 17.2 Å². The molecule has 0 spiro atoms. The quantitative estimate of drug-likeness (QED) is 0.785. The zero-order valence-corrected chi connectivity index (χ0v) is 12.3. The molecule has 3 aromatic rings. The minimum Gasteiger partial charge on any atom is -0.322 e. The number of amides is 1. The predicted octanol–water partition coefficient (Wildman–Crippen LogP) is 2.13. The number of carbonyl (C=O) groups is 1. The van der Waals surface area contributed by atoms with Crippen LogP contribution in [0.15, 0.2) is 53.6 Å². The molecule has 23 heavy (non-hydrogen) atoms. The Hall–Kier alpha value is -3.46. The van der Waals surface area contributed by atoms with Gasteiger partial charge in [-0.1, -0.05) is 12.1 Å². The molecule has 2 heterocycles. The summed E-state index contributed by atoms with van der Waals surface area (Å²) in [5, 5.41) is 11.5. The third-order valence-corrected chi connectivity index (χ3v) is 3.34. The summed E-state index contributed by atoms with van der Waals surface area (Å²) in [6.45, 7) is 1.85. The molecule has 1 aromatic carbocycles. The second-order valence-corrected chi connectivity index (χ2v) is 5.06. The van der Waals surface area contributed by atoms with Gasteiger partial charge in [-0.05, 0) is 36.8 Å². The summed E-state index contributed by atoms with van der Waals surface area (Å²) >= 11 is 0. The zero-order chi connectivity index (χ0) is 16.4. The number of aromatic nitrogens is 2. The highest BCUT2D eigenvalue weighted by Crippen LogP contribution is 2.11. The number of nitrogens with one attached hydrogen (secondary N) is 1. The highest BCUT2D eigenvalue weighted by molar-refractivity contribution is 6.04. The molecule has 6 nitrogen and oxygen atoms in total. The zero-order valence-electron chi connectivity index (χ0n) is 12.3. The Balaban J connectivity index is 1.99. The van der Waals surface area contributed by atoms with E-state index < -0.39 is 11.5 Å². The summed E-state index contributed by atoms with van der Waals surface area (Å²) in [6.07, 6.45) is 2.90. The number of nitrogens with zero attached hydrogens (tertiary/aromatic N) is 3. The van der Waals surface area contributed by atoms with Gasteiger partial charge in [0, 0.05) is 18.1 Å². The number of pyridine rings is 1. The molecule has 0 atom stereocenters. The molecule has 6 heteroatoms. The molecule has 112 valence electrons. The molecule has 0 bridgehead atoms. The van der Waals surface area contributed by atoms with Gasteiger partial charge in [-0.2, -0.15) is 5.26 Å². The number of fused-ring (bicyclic) bond motifs is 1. The van der Waals surface area contributed by atoms with Gasteiger partial charge in [0.15, 0.2) is 0 Å². The van der Waals surface area contributed by atoms with Crippen LogP contribution in [0.5, 0.6) is 0 Å². The van der Waals surface area contributed by atoms with Crippen LogP contribution in [-0.2, 0) is 0 Å². The molecule has 2 aromatic heterocycles. The average Bonchev–Trinajstić information content (AvgIpc) is 2.55.